The number of nitrogens with zero attached hydrogens (tertiary/aromatic N) is 1. The minimum atomic E-state index is -0.0837. The first-order valence-corrected chi connectivity index (χ1v) is 4.62. The molecule has 1 atom stereocenters. The van der Waals surface area contributed by atoms with Crippen molar-refractivity contribution in [1.82, 2.24) is 4.90 Å². The fraction of sp³-hybridized carbons (Fsp3) is 0.889. The van der Waals surface area contributed by atoms with Gasteiger partial charge in [-0.05, 0) is 44.8 Å². The van der Waals surface area contributed by atoms with Gasteiger partial charge in [0.1, 0.15) is 0 Å². The molecule has 2 fully saturated rings. The van der Waals surface area contributed by atoms with Crippen LogP contribution in [0.4, 0.5) is 0 Å². The van der Waals surface area contributed by atoms with Gasteiger partial charge in [0.05, 0.1) is 0 Å². The van der Waals surface area contributed by atoms with Crippen LogP contribution < -0.4 is 5.73 Å². The second kappa shape index (κ2) is 2.46. The molecule has 1 amide bonds. The lowest BCUT2D eigenvalue weighted by Crippen LogP contribution is -2.33. The number of nitrogens with two attached hydrogens (primary N) is 1. The topological polar surface area (TPSA) is 46.3 Å². The van der Waals surface area contributed by atoms with E-state index < -0.39 is 0 Å². The van der Waals surface area contributed by atoms with Gasteiger partial charge in [-0.15, -0.1) is 0 Å². The lowest BCUT2D eigenvalue weighted by molar-refractivity contribution is -0.120. The fourth-order valence-corrected chi connectivity index (χ4v) is 2.37. The third kappa shape index (κ3) is 1.12. The first-order valence-electron chi connectivity index (χ1n) is 4.62. The largest absolute Gasteiger partial charge is 0.369 e. The minimum absolute atomic E-state index is 0.0837. The molecule has 0 radical (unpaired) electrons. The molecule has 2 rings (SSSR count). The van der Waals surface area contributed by atoms with Gasteiger partial charge in [-0.1, -0.05) is 0 Å². The van der Waals surface area contributed by atoms with E-state index in [1.165, 1.54) is 0 Å². The summed E-state index contributed by atoms with van der Waals surface area (Å²) in [4.78, 5) is 13.2. The molecule has 1 aliphatic carbocycles. The highest BCUT2D eigenvalue weighted by Gasteiger charge is 2.57. The monoisotopic (exact) mass is 168 g/mol. The van der Waals surface area contributed by atoms with Crippen LogP contribution in [0, 0.1) is 11.3 Å². The number of piperidine rings is 1. The van der Waals surface area contributed by atoms with Crippen LogP contribution in [0.1, 0.15) is 19.3 Å². The second-order valence-electron chi connectivity index (χ2n) is 4.32. The van der Waals surface area contributed by atoms with Crippen LogP contribution in [0.15, 0.2) is 0 Å². The summed E-state index contributed by atoms with van der Waals surface area (Å²) in [5.74, 6) is 0.116. The highest BCUT2D eigenvalue weighted by Crippen LogP contribution is 2.58. The second-order valence-corrected chi connectivity index (χ2v) is 4.32. The zero-order valence-corrected chi connectivity index (χ0v) is 7.55. The van der Waals surface area contributed by atoms with E-state index in [-0.39, 0.29) is 11.8 Å². The van der Waals surface area contributed by atoms with Gasteiger partial charge in [-0.25, -0.2) is 0 Å². The maximum atomic E-state index is 10.9. The van der Waals surface area contributed by atoms with Crippen molar-refractivity contribution < 1.29 is 4.79 Å². The maximum Gasteiger partial charge on any atom is 0.221 e. The highest BCUT2D eigenvalue weighted by atomic mass is 16.1. The van der Waals surface area contributed by atoms with Crippen LogP contribution in [0.2, 0.25) is 0 Å². The van der Waals surface area contributed by atoms with E-state index >= 15 is 0 Å². The summed E-state index contributed by atoms with van der Waals surface area (Å²) in [6.45, 7) is 2.26. The van der Waals surface area contributed by atoms with Crippen molar-refractivity contribution in [1.29, 1.82) is 0 Å². The fourth-order valence-electron chi connectivity index (χ4n) is 2.37. The number of primary amides is 1. The van der Waals surface area contributed by atoms with E-state index in [0.717, 1.165) is 32.4 Å². The Morgan fingerprint density at radius 3 is 2.50 bits per heavy atom. The lowest BCUT2D eigenvalue weighted by atomic mass is 9.91. The summed E-state index contributed by atoms with van der Waals surface area (Å²) in [6, 6.07) is 0. The molecule has 1 saturated carbocycles. The Labute approximate surface area is 72.9 Å². The molecule has 0 unspecified atom stereocenters. The van der Waals surface area contributed by atoms with Crippen LogP contribution in [0.3, 0.4) is 0 Å². The maximum absolute atomic E-state index is 10.9. The number of hydrogen-bond donors (Lipinski definition) is 1. The van der Waals surface area contributed by atoms with Crippen LogP contribution >= 0.6 is 0 Å². The molecule has 68 valence electrons. The van der Waals surface area contributed by atoms with Gasteiger partial charge in [-0.2, -0.15) is 0 Å². The molecule has 1 aliphatic heterocycles. The Hall–Kier alpha value is -0.570. The van der Waals surface area contributed by atoms with Gasteiger partial charge in [0.25, 0.3) is 0 Å². The van der Waals surface area contributed by atoms with E-state index in [9.17, 15) is 4.79 Å². The highest BCUT2D eigenvalue weighted by molar-refractivity contribution is 5.80. The lowest BCUT2D eigenvalue weighted by Gasteiger charge is -2.29. The summed E-state index contributed by atoms with van der Waals surface area (Å²) in [5.41, 5.74) is 5.62. The standard InChI is InChI=1S/C9H16N2O/c1-11-4-2-9(3-5-11)6-7(9)8(10)12/h7H,2-6H2,1H3,(H2,10,12)/t7-/m1/s1. The van der Waals surface area contributed by atoms with E-state index in [0.29, 0.717) is 5.41 Å². The zero-order valence-electron chi connectivity index (χ0n) is 7.55. The van der Waals surface area contributed by atoms with Gasteiger partial charge >= 0.3 is 0 Å². The Morgan fingerprint density at radius 1 is 1.50 bits per heavy atom. The van der Waals surface area contributed by atoms with Crippen molar-refractivity contribution in [2.75, 3.05) is 20.1 Å². The predicted octanol–water partition coefficient (Wildman–Crippen LogP) is 0.204. The van der Waals surface area contributed by atoms with Gasteiger partial charge < -0.3 is 10.6 Å². The van der Waals surface area contributed by atoms with Gasteiger partial charge in [-0.3, -0.25) is 4.79 Å². The van der Waals surface area contributed by atoms with Crippen LogP contribution in [0.25, 0.3) is 0 Å². The molecule has 2 aliphatic rings. The van der Waals surface area contributed by atoms with Gasteiger partial charge in [0, 0.05) is 5.92 Å². The molecule has 0 aromatic carbocycles. The van der Waals surface area contributed by atoms with Crippen molar-refractivity contribution in [2.24, 2.45) is 17.1 Å². The number of likely N-dealkylation sites (tertiary alicyclic amines) is 1. The van der Waals surface area contributed by atoms with Crippen LogP contribution in [-0.2, 0) is 4.79 Å². The molecule has 0 aromatic heterocycles. The molecule has 3 nitrogen and oxygen atoms in total. The average molecular weight is 168 g/mol. The number of rotatable bonds is 1. The van der Waals surface area contributed by atoms with Gasteiger partial charge in [0.15, 0.2) is 0 Å². The smallest absolute Gasteiger partial charge is 0.221 e. The Bertz CT molecular complexity index is 207. The van der Waals surface area contributed by atoms with E-state index in [1.807, 2.05) is 0 Å². The average Bonchev–Trinajstić information content (AvgIpc) is 2.72. The molecule has 3 heteroatoms. The number of carbonyl (C=O) groups excluding carboxylic acids is 1. The van der Waals surface area contributed by atoms with Crippen LogP contribution in [0.5, 0.6) is 0 Å². The van der Waals surface area contributed by atoms with Gasteiger partial charge in [0.2, 0.25) is 5.91 Å². The molecular weight excluding hydrogens is 152 g/mol. The van der Waals surface area contributed by atoms with Crippen molar-refractivity contribution in [3.63, 3.8) is 0 Å². The Balaban J connectivity index is 1.95. The third-order valence-electron chi connectivity index (χ3n) is 3.52. The third-order valence-corrected chi connectivity index (χ3v) is 3.52. The first kappa shape index (κ1) is 8.05. The summed E-state index contributed by atoms with van der Waals surface area (Å²) in [7, 11) is 2.13. The predicted molar refractivity (Wildman–Crippen MR) is 46.5 cm³/mol. The SMILES string of the molecule is CN1CCC2(CC1)C[C@@H]2C(N)=O. The number of amides is 1. The first-order chi connectivity index (χ1) is 5.64. The van der Waals surface area contributed by atoms with Crippen molar-refractivity contribution in [2.45, 2.75) is 19.3 Å². The van der Waals surface area contributed by atoms with Crippen LogP contribution in [-0.4, -0.2) is 30.9 Å². The Morgan fingerprint density at radius 2 is 2.08 bits per heavy atom. The molecular formula is C9H16N2O. The molecule has 1 spiro atoms. The van der Waals surface area contributed by atoms with Crippen molar-refractivity contribution in [3.05, 3.63) is 0 Å². The number of hydrogen-bond acceptors (Lipinski definition) is 2. The molecule has 2 N–H and O–H groups in total. The normalized spacial score (nSPS) is 33.6. The molecule has 1 saturated heterocycles. The quantitative estimate of drug-likeness (QED) is 0.608. The summed E-state index contributed by atoms with van der Waals surface area (Å²) in [6.07, 6.45) is 3.38. The molecule has 12 heavy (non-hydrogen) atoms. The van der Waals surface area contributed by atoms with Crippen molar-refractivity contribution in [3.8, 4) is 0 Å². The summed E-state index contributed by atoms with van der Waals surface area (Å²) < 4.78 is 0. The molecule has 1 heterocycles. The summed E-state index contributed by atoms with van der Waals surface area (Å²) >= 11 is 0. The number of carbonyl (C=O) groups is 1. The van der Waals surface area contributed by atoms with Crippen molar-refractivity contribution >= 4 is 5.91 Å². The summed E-state index contributed by atoms with van der Waals surface area (Å²) in [5, 5.41) is 0. The zero-order chi connectivity index (χ0) is 8.77. The van der Waals surface area contributed by atoms with E-state index in [1.54, 1.807) is 0 Å². The molecule has 0 aromatic rings. The minimum Gasteiger partial charge on any atom is -0.369 e. The van der Waals surface area contributed by atoms with E-state index in [4.69, 9.17) is 5.73 Å². The van der Waals surface area contributed by atoms with E-state index in [2.05, 4.69) is 11.9 Å². The molecule has 0 bridgehead atoms. The Kier molecular flexibility index (Phi) is 1.65.